The van der Waals surface area contributed by atoms with Gasteiger partial charge in [0, 0.05) is 38.1 Å². The van der Waals surface area contributed by atoms with Gasteiger partial charge in [0.15, 0.2) is 0 Å². The molecule has 86 valence electrons. The van der Waals surface area contributed by atoms with Crippen molar-refractivity contribution in [1.82, 2.24) is 15.2 Å². The third-order valence-electron chi connectivity index (χ3n) is 3.80. The average molecular weight is 217 g/mol. The lowest BCUT2D eigenvalue weighted by molar-refractivity contribution is 0.312. The highest BCUT2D eigenvalue weighted by Gasteiger charge is 2.33. The lowest BCUT2D eigenvalue weighted by Gasteiger charge is -2.24. The third-order valence-corrected chi connectivity index (χ3v) is 3.80. The zero-order valence-electron chi connectivity index (χ0n) is 9.60. The van der Waals surface area contributed by atoms with Crippen molar-refractivity contribution in [2.24, 2.45) is 5.92 Å². The summed E-state index contributed by atoms with van der Waals surface area (Å²) in [5.74, 6) is 0.880. The molecule has 1 aromatic heterocycles. The van der Waals surface area contributed by atoms with Gasteiger partial charge in [-0.05, 0) is 36.9 Å². The molecule has 0 radical (unpaired) electrons. The molecule has 0 unspecified atom stereocenters. The van der Waals surface area contributed by atoms with E-state index in [2.05, 4.69) is 21.3 Å². The van der Waals surface area contributed by atoms with Crippen molar-refractivity contribution in [3.05, 3.63) is 30.1 Å². The van der Waals surface area contributed by atoms with Gasteiger partial charge in [0.2, 0.25) is 0 Å². The second-order valence-corrected chi connectivity index (χ2v) is 5.02. The van der Waals surface area contributed by atoms with Gasteiger partial charge in [0.1, 0.15) is 0 Å². The predicted molar refractivity (Wildman–Crippen MR) is 64.0 cm³/mol. The monoisotopic (exact) mass is 217 g/mol. The molecule has 2 atom stereocenters. The average Bonchev–Trinajstić information content (AvgIpc) is 2.72. The Morgan fingerprint density at radius 2 is 2.44 bits per heavy atom. The van der Waals surface area contributed by atoms with Crippen molar-refractivity contribution in [3.8, 4) is 0 Å². The van der Waals surface area contributed by atoms with Crippen molar-refractivity contribution < 1.29 is 0 Å². The second-order valence-electron chi connectivity index (χ2n) is 5.02. The first-order valence-electron chi connectivity index (χ1n) is 6.26. The zero-order valence-corrected chi connectivity index (χ0v) is 9.60. The number of aromatic nitrogens is 1. The van der Waals surface area contributed by atoms with Crippen molar-refractivity contribution in [1.29, 1.82) is 0 Å². The minimum absolute atomic E-state index is 0.741. The Morgan fingerprint density at radius 1 is 1.44 bits per heavy atom. The number of piperidine rings is 1. The Kier molecular flexibility index (Phi) is 2.89. The van der Waals surface area contributed by atoms with Gasteiger partial charge < -0.3 is 5.32 Å². The minimum Gasteiger partial charge on any atom is -0.312 e. The van der Waals surface area contributed by atoms with E-state index >= 15 is 0 Å². The molecule has 0 aromatic carbocycles. The maximum absolute atomic E-state index is 4.18. The Morgan fingerprint density at radius 3 is 3.25 bits per heavy atom. The molecule has 2 fully saturated rings. The van der Waals surface area contributed by atoms with Crippen LogP contribution in [0.15, 0.2) is 24.5 Å². The van der Waals surface area contributed by atoms with Crippen LogP contribution in [0.3, 0.4) is 0 Å². The highest BCUT2D eigenvalue weighted by atomic mass is 15.2. The van der Waals surface area contributed by atoms with Crippen LogP contribution in [0.4, 0.5) is 0 Å². The van der Waals surface area contributed by atoms with Crippen LogP contribution < -0.4 is 5.32 Å². The molecular formula is C13H19N3. The summed E-state index contributed by atoms with van der Waals surface area (Å²) in [7, 11) is 0. The van der Waals surface area contributed by atoms with Crippen LogP contribution in [-0.4, -0.2) is 35.6 Å². The van der Waals surface area contributed by atoms with E-state index in [4.69, 9.17) is 0 Å². The number of nitrogens with zero attached hydrogens (tertiary/aromatic N) is 2. The standard InChI is InChI=1S/C13H19N3/c1-3-11(7-14-5-1)8-16-9-12-4-2-6-15-13(12)10-16/h1,3,5,7,12-13,15H,2,4,6,8-10H2/t12-,13+/m0/s1. The molecule has 16 heavy (non-hydrogen) atoms. The summed E-state index contributed by atoms with van der Waals surface area (Å²) in [6.45, 7) is 4.73. The summed E-state index contributed by atoms with van der Waals surface area (Å²) >= 11 is 0. The lowest BCUT2D eigenvalue weighted by Crippen LogP contribution is -2.40. The fraction of sp³-hybridized carbons (Fsp3) is 0.615. The second kappa shape index (κ2) is 4.52. The van der Waals surface area contributed by atoms with Crippen LogP contribution in [0.1, 0.15) is 18.4 Å². The molecule has 3 heteroatoms. The molecule has 2 saturated heterocycles. The number of hydrogen-bond donors (Lipinski definition) is 1. The summed E-state index contributed by atoms with van der Waals surface area (Å²) in [4.78, 5) is 6.74. The summed E-state index contributed by atoms with van der Waals surface area (Å²) in [5.41, 5.74) is 1.33. The number of likely N-dealkylation sites (tertiary alicyclic amines) is 1. The van der Waals surface area contributed by atoms with Crippen LogP contribution in [-0.2, 0) is 6.54 Å². The Bertz CT molecular complexity index is 324. The summed E-state index contributed by atoms with van der Waals surface area (Å²) in [5, 5.41) is 3.64. The van der Waals surface area contributed by atoms with Crippen molar-refractivity contribution in [3.63, 3.8) is 0 Å². The summed E-state index contributed by atoms with van der Waals surface area (Å²) in [6.07, 6.45) is 6.58. The summed E-state index contributed by atoms with van der Waals surface area (Å²) in [6, 6.07) is 4.93. The number of rotatable bonds is 2. The number of nitrogens with one attached hydrogen (secondary N) is 1. The van der Waals surface area contributed by atoms with E-state index in [0.29, 0.717) is 0 Å². The van der Waals surface area contributed by atoms with E-state index in [-0.39, 0.29) is 0 Å². The van der Waals surface area contributed by atoms with Gasteiger partial charge in [-0.3, -0.25) is 9.88 Å². The largest absolute Gasteiger partial charge is 0.312 e. The van der Waals surface area contributed by atoms with Crippen LogP contribution >= 0.6 is 0 Å². The van der Waals surface area contributed by atoms with E-state index in [9.17, 15) is 0 Å². The zero-order chi connectivity index (χ0) is 10.8. The lowest BCUT2D eigenvalue weighted by atomic mass is 9.94. The quantitative estimate of drug-likeness (QED) is 0.808. The van der Waals surface area contributed by atoms with Crippen molar-refractivity contribution >= 4 is 0 Å². The summed E-state index contributed by atoms with van der Waals surface area (Å²) < 4.78 is 0. The predicted octanol–water partition coefficient (Wildman–Crippen LogP) is 1.27. The molecule has 1 N–H and O–H groups in total. The smallest absolute Gasteiger partial charge is 0.0312 e. The maximum atomic E-state index is 4.18. The van der Waals surface area contributed by atoms with E-state index < -0.39 is 0 Å². The topological polar surface area (TPSA) is 28.2 Å². The highest BCUT2D eigenvalue weighted by Crippen LogP contribution is 2.25. The Balaban J connectivity index is 1.61. The first kappa shape index (κ1) is 10.2. The molecule has 0 bridgehead atoms. The van der Waals surface area contributed by atoms with E-state index in [1.165, 1.54) is 38.0 Å². The van der Waals surface area contributed by atoms with E-state index in [1.807, 2.05) is 18.5 Å². The maximum Gasteiger partial charge on any atom is 0.0312 e. The minimum atomic E-state index is 0.741. The molecule has 3 heterocycles. The number of pyridine rings is 1. The van der Waals surface area contributed by atoms with Crippen molar-refractivity contribution in [2.45, 2.75) is 25.4 Å². The van der Waals surface area contributed by atoms with Gasteiger partial charge in [0.05, 0.1) is 0 Å². The molecule has 0 saturated carbocycles. The van der Waals surface area contributed by atoms with Crippen LogP contribution in [0, 0.1) is 5.92 Å². The molecule has 3 rings (SSSR count). The van der Waals surface area contributed by atoms with Crippen LogP contribution in [0.25, 0.3) is 0 Å². The molecule has 0 aliphatic carbocycles. The molecule has 2 aliphatic heterocycles. The fourth-order valence-corrected chi connectivity index (χ4v) is 3.02. The highest BCUT2D eigenvalue weighted by molar-refractivity contribution is 5.09. The van der Waals surface area contributed by atoms with E-state index in [0.717, 1.165) is 18.5 Å². The van der Waals surface area contributed by atoms with Gasteiger partial charge in [0.25, 0.3) is 0 Å². The molecule has 1 aromatic rings. The Labute approximate surface area is 96.9 Å². The number of fused-ring (bicyclic) bond motifs is 1. The SMILES string of the molecule is c1cncc(CN2C[C@@H]3CCCN[C@@H]3C2)c1. The molecule has 0 spiro atoms. The Hall–Kier alpha value is -0.930. The van der Waals surface area contributed by atoms with Crippen LogP contribution in [0.5, 0.6) is 0 Å². The van der Waals surface area contributed by atoms with E-state index in [1.54, 1.807) is 0 Å². The van der Waals surface area contributed by atoms with Gasteiger partial charge in [-0.25, -0.2) is 0 Å². The normalized spacial score (nSPS) is 30.2. The molecular weight excluding hydrogens is 198 g/mol. The molecule has 0 amide bonds. The van der Waals surface area contributed by atoms with Gasteiger partial charge in [-0.1, -0.05) is 6.07 Å². The van der Waals surface area contributed by atoms with Gasteiger partial charge in [-0.15, -0.1) is 0 Å². The van der Waals surface area contributed by atoms with Gasteiger partial charge in [-0.2, -0.15) is 0 Å². The van der Waals surface area contributed by atoms with Crippen LogP contribution in [0.2, 0.25) is 0 Å². The third kappa shape index (κ3) is 2.11. The molecule has 3 nitrogen and oxygen atoms in total. The van der Waals surface area contributed by atoms with Crippen molar-refractivity contribution in [2.75, 3.05) is 19.6 Å². The first-order valence-corrected chi connectivity index (χ1v) is 6.26. The van der Waals surface area contributed by atoms with Gasteiger partial charge >= 0.3 is 0 Å². The molecule has 2 aliphatic rings. The fourth-order valence-electron chi connectivity index (χ4n) is 3.02. The number of hydrogen-bond acceptors (Lipinski definition) is 3. The first-order chi connectivity index (χ1) is 7.92.